The molecule has 5 heteroatoms. The molecule has 3 N–H and O–H groups in total. The molecule has 0 aliphatic carbocycles. The Kier molecular flexibility index (Phi) is 6.03. The molecule has 5 nitrogen and oxygen atoms in total. The van der Waals surface area contributed by atoms with Crippen molar-refractivity contribution >= 4 is 17.7 Å². The van der Waals surface area contributed by atoms with Gasteiger partial charge in [0.05, 0.1) is 6.42 Å². The van der Waals surface area contributed by atoms with Gasteiger partial charge in [-0.3, -0.25) is 4.79 Å². The van der Waals surface area contributed by atoms with E-state index in [1.807, 2.05) is 6.92 Å². The first-order chi connectivity index (χ1) is 9.42. The largest absolute Gasteiger partial charge is 0.481 e. The predicted molar refractivity (Wildman–Crippen MR) is 78.9 cm³/mol. The van der Waals surface area contributed by atoms with Crippen molar-refractivity contribution in [2.75, 3.05) is 5.32 Å². The quantitative estimate of drug-likeness (QED) is 0.748. The minimum absolute atomic E-state index is 0.0163. The predicted octanol–water partition coefficient (Wildman–Crippen LogP) is 2.87. The molecule has 0 aliphatic heterocycles. The zero-order valence-electron chi connectivity index (χ0n) is 12.1. The molecular formula is C15H22N2O3. The summed E-state index contributed by atoms with van der Waals surface area (Å²) in [6.07, 6.45) is 0.989. The highest BCUT2D eigenvalue weighted by molar-refractivity contribution is 5.89. The number of urea groups is 1. The van der Waals surface area contributed by atoms with Gasteiger partial charge in [0.25, 0.3) is 0 Å². The molecule has 0 aromatic heterocycles. The topological polar surface area (TPSA) is 78.4 Å². The summed E-state index contributed by atoms with van der Waals surface area (Å²) in [7, 11) is 0. The van der Waals surface area contributed by atoms with Crippen molar-refractivity contribution in [1.82, 2.24) is 5.32 Å². The highest BCUT2D eigenvalue weighted by atomic mass is 16.4. The van der Waals surface area contributed by atoms with E-state index in [1.54, 1.807) is 24.3 Å². The number of hydrogen-bond donors (Lipinski definition) is 3. The summed E-state index contributed by atoms with van der Waals surface area (Å²) in [4.78, 5) is 22.4. The first kappa shape index (κ1) is 16.0. The van der Waals surface area contributed by atoms with Gasteiger partial charge in [-0.05, 0) is 30.5 Å². The van der Waals surface area contributed by atoms with Crippen LogP contribution in [0.1, 0.15) is 32.8 Å². The van der Waals surface area contributed by atoms with Gasteiger partial charge in [-0.2, -0.15) is 0 Å². The van der Waals surface area contributed by atoms with Gasteiger partial charge in [-0.1, -0.05) is 32.4 Å². The second-order valence-corrected chi connectivity index (χ2v) is 5.04. The number of nitrogens with one attached hydrogen (secondary N) is 2. The molecule has 2 unspecified atom stereocenters. The van der Waals surface area contributed by atoms with Crippen LogP contribution in [0.2, 0.25) is 0 Å². The molecule has 0 saturated carbocycles. The fraction of sp³-hybridized carbons (Fsp3) is 0.467. The summed E-state index contributed by atoms with van der Waals surface area (Å²) >= 11 is 0. The van der Waals surface area contributed by atoms with Crippen molar-refractivity contribution in [1.29, 1.82) is 0 Å². The van der Waals surface area contributed by atoms with Gasteiger partial charge >= 0.3 is 12.0 Å². The van der Waals surface area contributed by atoms with Gasteiger partial charge < -0.3 is 15.7 Å². The lowest BCUT2D eigenvalue weighted by atomic mass is 10.0. The maximum Gasteiger partial charge on any atom is 0.319 e. The Bertz CT molecular complexity index is 457. The second-order valence-electron chi connectivity index (χ2n) is 5.04. The third-order valence-corrected chi connectivity index (χ3v) is 3.42. The molecule has 0 fully saturated rings. The Morgan fingerprint density at radius 2 is 1.80 bits per heavy atom. The maximum atomic E-state index is 11.8. The van der Waals surface area contributed by atoms with E-state index in [-0.39, 0.29) is 18.5 Å². The zero-order valence-corrected chi connectivity index (χ0v) is 12.1. The molecule has 110 valence electrons. The number of hydrogen-bond acceptors (Lipinski definition) is 2. The molecular weight excluding hydrogens is 256 g/mol. The monoisotopic (exact) mass is 278 g/mol. The van der Waals surface area contributed by atoms with Crippen LogP contribution < -0.4 is 10.6 Å². The number of carbonyl (C=O) groups excluding carboxylic acids is 1. The fourth-order valence-corrected chi connectivity index (χ4v) is 1.75. The third-order valence-electron chi connectivity index (χ3n) is 3.42. The number of carboxylic acids is 1. The molecule has 1 aromatic rings. The minimum atomic E-state index is -0.870. The molecule has 20 heavy (non-hydrogen) atoms. The average Bonchev–Trinajstić information content (AvgIpc) is 2.39. The molecule has 0 spiro atoms. The Hall–Kier alpha value is -2.04. The fourth-order valence-electron chi connectivity index (χ4n) is 1.75. The summed E-state index contributed by atoms with van der Waals surface area (Å²) in [6, 6.07) is 6.65. The van der Waals surface area contributed by atoms with Crippen molar-refractivity contribution in [3.63, 3.8) is 0 Å². The molecule has 0 bridgehead atoms. The van der Waals surface area contributed by atoms with Crippen molar-refractivity contribution in [3.8, 4) is 0 Å². The van der Waals surface area contributed by atoms with Gasteiger partial charge in [0.15, 0.2) is 0 Å². The van der Waals surface area contributed by atoms with E-state index in [9.17, 15) is 9.59 Å². The molecule has 0 saturated heterocycles. The minimum Gasteiger partial charge on any atom is -0.481 e. The van der Waals surface area contributed by atoms with Crippen LogP contribution in [-0.4, -0.2) is 23.1 Å². The number of anilines is 1. The van der Waals surface area contributed by atoms with Gasteiger partial charge in [0.1, 0.15) is 0 Å². The lowest BCUT2D eigenvalue weighted by Crippen LogP contribution is -2.39. The van der Waals surface area contributed by atoms with E-state index >= 15 is 0 Å². The first-order valence-electron chi connectivity index (χ1n) is 6.80. The van der Waals surface area contributed by atoms with E-state index in [0.29, 0.717) is 17.2 Å². The molecule has 0 radical (unpaired) electrons. The lowest BCUT2D eigenvalue weighted by Gasteiger charge is -2.20. The summed E-state index contributed by atoms with van der Waals surface area (Å²) in [6.45, 7) is 6.15. The first-order valence-corrected chi connectivity index (χ1v) is 6.80. The molecule has 0 heterocycles. The van der Waals surface area contributed by atoms with E-state index < -0.39 is 5.97 Å². The van der Waals surface area contributed by atoms with Crippen LogP contribution in [0, 0.1) is 5.92 Å². The Morgan fingerprint density at radius 1 is 1.20 bits per heavy atom. The van der Waals surface area contributed by atoms with Crippen LogP contribution in [0.4, 0.5) is 10.5 Å². The number of benzene rings is 1. The highest BCUT2D eigenvalue weighted by Crippen LogP contribution is 2.11. The van der Waals surface area contributed by atoms with E-state index in [4.69, 9.17) is 5.11 Å². The van der Waals surface area contributed by atoms with Crippen LogP contribution >= 0.6 is 0 Å². The van der Waals surface area contributed by atoms with E-state index in [2.05, 4.69) is 24.5 Å². The van der Waals surface area contributed by atoms with Gasteiger partial charge in [-0.15, -0.1) is 0 Å². The van der Waals surface area contributed by atoms with Crippen LogP contribution in [0.3, 0.4) is 0 Å². The van der Waals surface area contributed by atoms with Gasteiger partial charge in [0.2, 0.25) is 0 Å². The number of carboxylic acid groups (broad SMARTS) is 1. The van der Waals surface area contributed by atoms with Gasteiger partial charge in [-0.25, -0.2) is 4.79 Å². The second kappa shape index (κ2) is 7.53. The SMILES string of the molecule is CCC(C)C(C)NC(=O)Nc1ccc(CC(=O)O)cc1. The van der Waals surface area contributed by atoms with Crippen LogP contribution in [0.5, 0.6) is 0 Å². The van der Waals surface area contributed by atoms with E-state index in [0.717, 1.165) is 6.42 Å². The standard InChI is InChI=1S/C15H22N2O3/c1-4-10(2)11(3)16-15(20)17-13-7-5-12(6-8-13)9-14(18)19/h5-8,10-11H,4,9H2,1-3H3,(H,18,19)(H2,16,17,20). The summed E-state index contributed by atoms with van der Waals surface area (Å²) in [5.74, 6) is -0.454. The summed E-state index contributed by atoms with van der Waals surface area (Å²) < 4.78 is 0. The van der Waals surface area contributed by atoms with Gasteiger partial charge in [0, 0.05) is 11.7 Å². The van der Waals surface area contributed by atoms with E-state index in [1.165, 1.54) is 0 Å². The number of carbonyl (C=O) groups is 2. The zero-order chi connectivity index (χ0) is 15.1. The summed E-state index contributed by atoms with van der Waals surface area (Å²) in [5.41, 5.74) is 1.35. The van der Waals surface area contributed by atoms with Crippen molar-refractivity contribution < 1.29 is 14.7 Å². The molecule has 2 atom stereocenters. The summed E-state index contributed by atoms with van der Waals surface area (Å²) in [5, 5.41) is 14.3. The van der Waals surface area contributed by atoms with Crippen LogP contribution in [0.15, 0.2) is 24.3 Å². The Labute approximate surface area is 119 Å². The lowest BCUT2D eigenvalue weighted by molar-refractivity contribution is -0.136. The molecule has 1 rings (SSSR count). The van der Waals surface area contributed by atoms with Crippen molar-refractivity contribution in [3.05, 3.63) is 29.8 Å². The molecule has 2 amide bonds. The molecule has 1 aromatic carbocycles. The third kappa shape index (κ3) is 5.30. The Balaban J connectivity index is 2.52. The molecule has 0 aliphatic rings. The maximum absolute atomic E-state index is 11.8. The Morgan fingerprint density at radius 3 is 2.30 bits per heavy atom. The highest BCUT2D eigenvalue weighted by Gasteiger charge is 2.12. The average molecular weight is 278 g/mol. The number of aliphatic carboxylic acids is 1. The normalized spacial score (nSPS) is 13.3. The number of amides is 2. The van der Waals surface area contributed by atoms with Crippen LogP contribution in [0.25, 0.3) is 0 Å². The number of rotatable bonds is 6. The van der Waals surface area contributed by atoms with Crippen molar-refractivity contribution in [2.45, 2.75) is 39.7 Å². The smallest absolute Gasteiger partial charge is 0.319 e. The van der Waals surface area contributed by atoms with Crippen molar-refractivity contribution in [2.24, 2.45) is 5.92 Å². The van der Waals surface area contributed by atoms with Crippen LogP contribution in [-0.2, 0) is 11.2 Å².